The van der Waals surface area contributed by atoms with Crippen LogP contribution in [0.2, 0.25) is 0 Å². The number of carbonyl (C=O) groups excluding carboxylic acids is 2. The van der Waals surface area contributed by atoms with Crippen molar-refractivity contribution < 1.29 is 9.59 Å². The summed E-state index contributed by atoms with van der Waals surface area (Å²) < 4.78 is 0. The van der Waals surface area contributed by atoms with E-state index >= 15 is 0 Å². The molecule has 0 unspecified atom stereocenters. The van der Waals surface area contributed by atoms with Crippen molar-refractivity contribution in [1.82, 2.24) is 9.80 Å². The molecular weight excluding hydrogens is 168 g/mol. The van der Waals surface area contributed by atoms with Crippen LogP contribution in [0.4, 0.5) is 4.79 Å². The molecule has 0 aromatic carbocycles. The lowest BCUT2D eigenvalue weighted by atomic mass is 10.3. The number of urea groups is 1. The van der Waals surface area contributed by atoms with Gasteiger partial charge in [0.25, 0.3) is 5.91 Å². The first-order valence-electron chi connectivity index (χ1n) is 4.74. The van der Waals surface area contributed by atoms with E-state index < -0.39 is 0 Å². The number of rotatable bonds is 2. The maximum absolute atomic E-state index is 11.7. The molecule has 3 amide bonds. The van der Waals surface area contributed by atoms with Crippen LogP contribution >= 0.6 is 0 Å². The minimum atomic E-state index is -0.0949. The van der Waals surface area contributed by atoms with Crippen LogP contribution in [0.15, 0.2) is 0 Å². The summed E-state index contributed by atoms with van der Waals surface area (Å²) in [4.78, 5) is 26.2. The first-order valence-corrected chi connectivity index (χ1v) is 4.74. The number of carbonyl (C=O) groups is 2. The normalized spacial score (nSPS) is 23.6. The van der Waals surface area contributed by atoms with Gasteiger partial charge in [0.2, 0.25) is 0 Å². The van der Waals surface area contributed by atoms with Crippen molar-refractivity contribution in [3.63, 3.8) is 0 Å². The summed E-state index contributed by atoms with van der Waals surface area (Å²) in [6.45, 7) is 4.14. The van der Waals surface area contributed by atoms with Gasteiger partial charge >= 0.3 is 6.03 Å². The third-order valence-corrected chi connectivity index (χ3v) is 2.56. The largest absolute Gasteiger partial charge is 0.327 e. The zero-order chi connectivity index (χ0) is 9.59. The zero-order valence-electron chi connectivity index (χ0n) is 7.99. The molecule has 1 heterocycles. The molecule has 0 radical (unpaired) electrons. The Bertz CT molecular complexity index is 258. The Morgan fingerprint density at radius 1 is 1.31 bits per heavy atom. The lowest BCUT2D eigenvalue weighted by Gasteiger charge is -2.19. The van der Waals surface area contributed by atoms with Crippen molar-refractivity contribution in [2.75, 3.05) is 6.54 Å². The van der Waals surface area contributed by atoms with Gasteiger partial charge in [0.15, 0.2) is 0 Å². The van der Waals surface area contributed by atoms with Gasteiger partial charge in [-0.25, -0.2) is 4.79 Å². The number of amides is 3. The van der Waals surface area contributed by atoms with Crippen molar-refractivity contribution in [1.29, 1.82) is 0 Å². The third kappa shape index (κ3) is 1.30. The Morgan fingerprint density at radius 3 is 2.31 bits per heavy atom. The molecule has 0 aromatic rings. The monoisotopic (exact) mass is 182 g/mol. The molecule has 0 atom stereocenters. The van der Waals surface area contributed by atoms with E-state index in [4.69, 9.17) is 0 Å². The maximum Gasteiger partial charge on any atom is 0.327 e. The van der Waals surface area contributed by atoms with Crippen molar-refractivity contribution in [2.45, 2.75) is 38.8 Å². The van der Waals surface area contributed by atoms with Crippen LogP contribution in [0.1, 0.15) is 26.7 Å². The topological polar surface area (TPSA) is 40.6 Å². The first-order chi connectivity index (χ1) is 6.11. The van der Waals surface area contributed by atoms with Crippen LogP contribution in [-0.4, -0.2) is 40.4 Å². The van der Waals surface area contributed by atoms with Crippen LogP contribution < -0.4 is 0 Å². The molecule has 1 saturated carbocycles. The fourth-order valence-electron chi connectivity index (χ4n) is 1.63. The van der Waals surface area contributed by atoms with Crippen LogP contribution in [0, 0.1) is 0 Å². The minimum Gasteiger partial charge on any atom is -0.313 e. The summed E-state index contributed by atoms with van der Waals surface area (Å²) in [5, 5.41) is 0. The molecule has 0 aromatic heterocycles. The van der Waals surface area contributed by atoms with Gasteiger partial charge in [0.1, 0.15) is 6.54 Å². The molecule has 2 aliphatic rings. The summed E-state index contributed by atoms with van der Waals surface area (Å²) in [7, 11) is 0. The molecule has 1 aliphatic heterocycles. The average molecular weight is 182 g/mol. The van der Waals surface area contributed by atoms with E-state index in [1.54, 1.807) is 4.90 Å². The van der Waals surface area contributed by atoms with Crippen LogP contribution in [0.25, 0.3) is 0 Å². The van der Waals surface area contributed by atoms with Gasteiger partial charge in [0.05, 0.1) is 0 Å². The van der Waals surface area contributed by atoms with E-state index in [0.717, 1.165) is 12.8 Å². The van der Waals surface area contributed by atoms with Crippen LogP contribution in [0.5, 0.6) is 0 Å². The van der Waals surface area contributed by atoms with Gasteiger partial charge < -0.3 is 4.90 Å². The van der Waals surface area contributed by atoms with Gasteiger partial charge in [-0.05, 0) is 26.7 Å². The van der Waals surface area contributed by atoms with E-state index in [-0.39, 0.29) is 30.6 Å². The summed E-state index contributed by atoms with van der Waals surface area (Å²) in [6, 6.07) is 0.242. The number of nitrogens with zero attached hydrogens (tertiary/aromatic N) is 2. The number of imide groups is 1. The maximum atomic E-state index is 11.7. The Hall–Kier alpha value is -1.06. The fraction of sp³-hybridized carbons (Fsp3) is 0.778. The van der Waals surface area contributed by atoms with Crippen LogP contribution in [-0.2, 0) is 4.79 Å². The van der Waals surface area contributed by atoms with Gasteiger partial charge in [-0.1, -0.05) is 0 Å². The summed E-state index contributed by atoms with van der Waals surface area (Å²) in [5.41, 5.74) is 0. The highest BCUT2D eigenvalue weighted by Crippen LogP contribution is 2.30. The number of hydrogen-bond donors (Lipinski definition) is 0. The van der Waals surface area contributed by atoms with Crippen molar-refractivity contribution in [3.05, 3.63) is 0 Å². The smallest absolute Gasteiger partial charge is 0.313 e. The lowest BCUT2D eigenvalue weighted by Crippen LogP contribution is -2.37. The quantitative estimate of drug-likeness (QED) is 0.593. The molecule has 2 rings (SSSR count). The van der Waals surface area contributed by atoms with Gasteiger partial charge in [-0.15, -0.1) is 0 Å². The summed E-state index contributed by atoms with van der Waals surface area (Å²) >= 11 is 0. The SMILES string of the molecule is CC(C)N1CC(=O)N(C2CC2)C1=O. The molecule has 13 heavy (non-hydrogen) atoms. The highest BCUT2D eigenvalue weighted by molar-refractivity contribution is 6.02. The summed E-state index contributed by atoms with van der Waals surface area (Å²) in [5.74, 6) is -0.0267. The van der Waals surface area contributed by atoms with Crippen molar-refractivity contribution in [2.24, 2.45) is 0 Å². The standard InChI is InChI=1S/C9H14N2O2/c1-6(2)10-5-8(12)11(9(10)13)7-3-4-7/h6-7H,3-5H2,1-2H3. The van der Waals surface area contributed by atoms with E-state index in [2.05, 4.69) is 0 Å². The first kappa shape index (κ1) is 8.53. The molecule has 4 heteroatoms. The zero-order valence-corrected chi connectivity index (χ0v) is 7.99. The van der Waals surface area contributed by atoms with Crippen molar-refractivity contribution >= 4 is 11.9 Å². The molecule has 2 fully saturated rings. The van der Waals surface area contributed by atoms with E-state index in [1.807, 2.05) is 13.8 Å². The predicted octanol–water partition coefficient (Wildman–Crippen LogP) is 0.821. The minimum absolute atomic E-state index is 0.0267. The molecule has 0 N–H and O–H groups in total. The highest BCUT2D eigenvalue weighted by atomic mass is 16.2. The summed E-state index contributed by atoms with van der Waals surface area (Å²) in [6.07, 6.45) is 1.98. The fourth-order valence-corrected chi connectivity index (χ4v) is 1.63. The molecule has 0 spiro atoms. The van der Waals surface area contributed by atoms with E-state index in [0.29, 0.717) is 0 Å². The molecule has 0 bridgehead atoms. The third-order valence-electron chi connectivity index (χ3n) is 2.56. The average Bonchev–Trinajstić information content (AvgIpc) is 2.80. The van der Waals surface area contributed by atoms with Gasteiger partial charge in [-0.3, -0.25) is 9.69 Å². The van der Waals surface area contributed by atoms with Crippen molar-refractivity contribution in [3.8, 4) is 0 Å². The molecule has 4 nitrogen and oxygen atoms in total. The van der Waals surface area contributed by atoms with E-state index in [1.165, 1.54) is 4.90 Å². The van der Waals surface area contributed by atoms with Gasteiger partial charge in [0, 0.05) is 12.1 Å². The Kier molecular flexibility index (Phi) is 1.78. The lowest BCUT2D eigenvalue weighted by molar-refractivity contribution is -0.125. The molecular formula is C9H14N2O2. The Morgan fingerprint density at radius 2 is 1.92 bits per heavy atom. The molecule has 1 aliphatic carbocycles. The Labute approximate surface area is 77.5 Å². The second kappa shape index (κ2) is 2.72. The van der Waals surface area contributed by atoms with Crippen LogP contribution in [0.3, 0.4) is 0 Å². The second-order valence-corrected chi connectivity index (χ2v) is 4.00. The van der Waals surface area contributed by atoms with E-state index in [9.17, 15) is 9.59 Å². The van der Waals surface area contributed by atoms with Gasteiger partial charge in [-0.2, -0.15) is 0 Å². The second-order valence-electron chi connectivity index (χ2n) is 4.00. The highest BCUT2D eigenvalue weighted by Gasteiger charge is 2.45. The number of hydrogen-bond acceptors (Lipinski definition) is 2. The molecule has 72 valence electrons. The molecule has 1 saturated heterocycles. The predicted molar refractivity (Wildman–Crippen MR) is 47.1 cm³/mol. The Balaban J connectivity index is 2.14.